The van der Waals surface area contributed by atoms with Gasteiger partial charge in [-0.15, -0.1) is 0 Å². The van der Waals surface area contributed by atoms with Crippen LogP contribution in [0.4, 0.5) is 5.69 Å². The topological polar surface area (TPSA) is 94.1 Å². The smallest absolute Gasteiger partial charge is 0.341 e. The van der Waals surface area contributed by atoms with E-state index in [1.165, 1.54) is 0 Å². The average molecular weight is 387 g/mol. The van der Waals surface area contributed by atoms with Crippen molar-refractivity contribution in [1.82, 2.24) is 0 Å². The van der Waals surface area contributed by atoms with Gasteiger partial charge in [-0.3, -0.25) is 4.79 Å². The fourth-order valence-corrected chi connectivity index (χ4v) is 2.75. The van der Waals surface area contributed by atoms with Crippen molar-refractivity contribution in [1.29, 1.82) is 0 Å². The van der Waals surface area contributed by atoms with Crippen molar-refractivity contribution < 1.29 is 28.9 Å². The average Bonchev–Trinajstić information content (AvgIpc) is 2.63. The maximum absolute atomic E-state index is 12.7. The molecule has 0 fully saturated rings. The standard InChI is InChI=1S/C21H25NO6/c1-13-11-17(27-8-7-26-4)5-6-18(13)22-21(25)16-9-14(2)20(15(3)10-16)28-12-19(23)24/h5-6,9-11H,7-8,12H2,1-4H3,(H,22,25)(H,23,24). The van der Waals surface area contributed by atoms with Gasteiger partial charge in [0.2, 0.25) is 0 Å². The van der Waals surface area contributed by atoms with E-state index in [-0.39, 0.29) is 5.91 Å². The summed E-state index contributed by atoms with van der Waals surface area (Å²) in [5.41, 5.74) is 3.43. The molecular weight excluding hydrogens is 362 g/mol. The van der Waals surface area contributed by atoms with Gasteiger partial charge in [-0.25, -0.2) is 4.79 Å². The SMILES string of the molecule is COCCOc1ccc(NC(=O)c2cc(C)c(OCC(=O)O)c(C)c2)c(C)c1. The highest BCUT2D eigenvalue weighted by Crippen LogP contribution is 2.26. The Morgan fingerprint density at radius 1 is 0.964 bits per heavy atom. The van der Waals surface area contributed by atoms with Crippen molar-refractivity contribution in [3.63, 3.8) is 0 Å². The largest absolute Gasteiger partial charge is 0.491 e. The number of hydrogen-bond donors (Lipinski definition) is 2. The minimum atomic E-state index is -1.05. The molecule has 0 aliphatic heterocycles. The van der Waals surface area contributed by atoms with E-state index >= 15 is 0 Å². The van der Waals surface area contributed by atoms with Gasteiger partial charge in [0.15, 0.2) is 6.61 Å². The second-order valence-electron chi connectivity index (χ2n) is 6.39. The van der Waals surface area contributed by atoms with Crippen LogP contribution in [0, 0.1) is 20.8 Å². The zero-order valence-electron chi connectivity index (χ0n) is 16.5. The molecule has 2 rings (SSSR count). The molecule has 28 heavy (non-hydrogen) atoms. The van der Waals surface area contributed by atoms with Crippen LogP contribution in [0.1, 0.15) is 27.0 Å². The van der Waals surface area contributed by atoms with Crippen LogP contribution in [0.25, 0.3) is 0 Å². The summed E-state index contributed by atoms with van der Waals surface area (Å²) < 4.78 is 15.8. The lowest BCUT2D eigenvalue weighted by Crippen LogP contribution is -2.15. The van der Waals surface area contributed by atoms with Gasteiger partial charge in [-0.05, 0) is 67.8 Å². The van der Waals surface area contributed by atoms with Crippen molar-refractivity contribution in [2.24, 2.45) is 0 Å². The van der Waals surface area contributed by atoms with Crippen LogP contribution in [0.3, 0.4) is 0 Å². The quantitative estimate of drug-likeness (QED) is 0.641. The maximum Gasteiger partial charge on any atom is 0.341 e. The third-order valence-corrected chi connectivity index (χ3v) is 4.06. The van der Waals surface area contributed by atoms with Gasteiger partial charge in [-0.2, -0.15) is 0 Å². The molecule has 0 aliphatic rings. The summed E-state index contributed by atoms with van der Waals surface area (Å²) >= 11 is 0. The Morgan fingerprint density at radius 3 is 2.21 bits per heavy atom. The molecule has 0 aromatic heterocycles. The molecule has 0 aliphatic carbocycles. The summed E-state index contributed by atoms with van der Waals surface area (Å²) in [5.74, 6) is -0.121. The first-order chi connectivity index (χ1) is 13.3. The highest BCUT2D eigenvalue weighted by atomic mass is 16.5. The molecule has 0 radical (unpaired) electrons. The number of rotatable bonds is 9. The predicted octanol–water partition coefficient (Wildman–Crippen LogP) is 3.35. The molecule has 7 heteroatoms. The number of nitrogens with one attached hydrogen (secondary N) is 1. The second kappa shape index (κ2) is 9.75. The van der Waals surface area contributed by atoms with Crippen molar-refractivity contribution in [3.8, 4) is 11.5 Å². The summed E-state index contributed by atoms with van der Waals surface area (Å²) in [5, 5.41) is 11.7. The molecule has 0 saturated carbocycles. The third kappa shape index (κ3) is 5.72. The van der Waals surface area contributed by atoms with Gasteiger partial charge in [0.25, 0.3) is 5.91 Å². The number of carbonyl (C=O) groups excluding carboxylic acids is 1. The number of aryl methyl sites for hydroxylation is 3. The highest BCUT2D eigenvalue weighted by molar-refractivity contribution is 6.05. The van der Waals surface area contributed by atoms with Gasteiger partial charge in [0.1, 0.15) is 18.1 Å². The number of benzene rings is 2. The first-order valence-electron chi connectivity index (χ1n) is 8.81. The lowest BCUT2D eigenvalue weighted by atomic mass is 10.0. The van der Waals surface area contributed by atoms with E-state index in [9.17, 15) is 9.59 Å². The monoisotopic (exact) mass is 387 g/mol. The van der Waals surface area contributed by atoms with E-state index in [1.54, 1.807) is 45.2 Å². The van der Waals surface area contributed by atoms with Gasteiger partial charge in [-0.1, -0.05) is 0 Å². The van der Waals surface area contributed by atoms with Crippen LogP contribution in [0.5, 0.6) is 11.5 Å². The predicted molar refractivity (Wildman–Crippen MR) is 106 cm³/mol. The Balaban J connectivity index is 2.11. The summed E-state index contributed by atoms with van der Waals surface area (Å²) in [7, 11) is 1.61. The second-order valence-corrected chi connectivity index (χ2v) is 6.39. The number of carbonyl (C=O) groups is 2. The molecule has 0 atom stereocenters. The Kier molecular flexibility index (Phi) is 7.40. The summed E-state index contributed by atoms with van der Waals surface area (Å²) in [4.78, 5) is 23.3. The van der Waals surface area contributed by atoms with Gasteiger partial charge >= 0.3 is 5.97 Å². The molecular formula is C21H25NO6. The maximum atomic E-state index is 12.7. The Bertz CT molecular complexity index is 839. The van der Waals surface area contributed by atoms with E-state index in [4.69, 9.17) is 19.3 Å². The van der Waals surface area contributed by atoms with E-state index in [2.05, 4.69) is 5.32 Å². The number of carboxylic acid groups (broad SMARTS) is 1. The molecule has 150 valence electrons. The Labute approximate surface area is 164 Å². The van der Waals surface area contributed by atoms with Gasteiger partial charge < -0.3 is 24.6 Å². The van der Waals surface area contributed by atoms with Crippen LogP contribution < -0.4 is 14.8 Å². The van der Waals surface area contributed by atoms with Crippen molar-refractivity contribution in [2.75, 3.05) is 32.2 Å². The van der Waals surface area contributed by atoms with Crippen molar-refractivity contribution in [3.05, 3.63) is 52.6 Å². The van der Waals surface area contributed by atoms with Crippen LogP contribution in [0.2, 0.25) is 0 Å². The first kappa shape index (κ1) is 21.2. The number of hydrogen-bond acceptors (Lipinski definition) is 5. The molecule has 1 amide bonds. The van der Waals surface area contributed by atoms with E-state index in [0.717, 1.165) is 5.56 Å². The first-order valence-corrected chi connectivity index (χ1v) is 8.81. The zero-order valence-corrected chi connectivity index (χ0v) is 16.5. The van der Waals surface area contributed by atoms with Gasteiger partial charge in [0.05, 0.1) is 6.61 Å². The number of ether oxygens (including phenoxy) is 3. The van der Waals surface area contributed by atoms with Crippen LogP contribution in [-0.2, 0) is 9.53 Å². The van der Waals surface area contributed by atoms with Crippen LogP contribution in [0.15, 0.2) is 30.3 Å². The molecule has 7 nitrogen and oxygen atoms in total. The number of aliphatic carboxylic acids is 1. The molecule has 0 heterocycles. The van der Waals surface area contributed by atoms with E-state index in [1.807, 2.05) is 13.0 Å². The molecule has 0 spiro atoms. The number of amides is 1. The lowest BCUT2D eigenvalue weighted by molar-refractivity contribution is -0.139. The molecule has 0 bridgehead atoms. The van der Waals surface area contributed by atoms with E-state index in [0.29, 0.717) is 47.1 Å². The number of methoxy groups -OCH3 is 1. The summed E-state index contributed by atoms with van der Waals surface area (Å²) in [6, 6.07) is 8.79. The summed E-state index contributed by atoms with van der Waals surface area (Å²) in [6.45, 7) is 5.97. The van der Waals surface area contributed by atoms with Gasteiger partial charge in [0, 0.05) is 18.4 Å². The number of carboxylic acids is 1. The van der Waals surface area contributed by atoms with E-state index < -0.39 is 12.6 Å². The molecule has 2 aromatic carbocycles. The fourth-order valence-electron chi connectivity index (χ4n) is 2.75. The minimum Gasteiger partial charge on any atom is -0.491 e. The Hall–Kier alpha value is -3.06. The molecule has 0 unspecified atom stereocenters. The summed E-state index contributed by atoms with van der Waals surface area (Å²) in [6.07, 6.45) is 0. The lowest BCUT2D eigenvalue weighted by Gasteiger charge is -2.14. The minimum absolute atomic E-state index is 0.257. The van der Waals surface area contributed by atoms with Crippen molar-refractivity contribution in [2.45, 2.75) is 20.8 Å². The molecule has 2 N–H and O–H groups in total. The normalized spacial score (nSPS) is 10.4. The van der Waals surface area contributed by atoms with Crippen molar-refractivity contribution >= 4 is 17.6 Å². The zero-order chi connectivity index (χ0) is 20.7. The Morgan fingerprint density at radius 2 is 1.64 bits per heavy atom. The van der Waals surface area contributed by atoms with Crippen LogP contribution in [-0.4, -0.2) is 43.9 Å². The third-order valence-electron chi connectivity index (χ3n) is 4.06. The number of anilines is 1. The fraction of sp³-hybridized carbons (Fsp3) is 0.333. The highest BCUT2D eigenvalue weighted by Gasteiger charge is 2.14. The van der Waals surface area contributed by atoms with Crippen LogP contribution >= 0.6 is 0 Å². The molecule has 0 saturated heterocycles. The molecule has 2 aromatic rings.